The molecule has 0 atom stereocenters. The molecule has 7 heteroatoms. The summed E-state index contributed by atoms with van der Waals surface area (Å²) in [6.07, 6.45) is 3.44. The van der Waals surface area contributed by atoms with Gasteiger partial charge in [-0.1, -0.05) is 18.2 Å². The fourth-order valence-corrected chi connectivity index (χ4v) is 3.48. The highest BCUT2D eigenvalue weighted by atomic mass is 32.2. The second-order valence-electron chi connectivity index (χ2n) is 5.40. The SMILES string of the molecule is CS(=O)(=O)c1cccnc1NCC(=O)N1CCc2ccccc21. The zero-order valence-corrected chi connectivity index (χ0v) is 13.5. The lowest BCUT2D eigenvalue weighted by molar-refractivity contribution is -0.116. The molecule has 2 aromatic rings. The van der Waals surface area contributed by atoms with Crippen LogP contribution in [0.4, 0.5) is 11.5 Å². The molecule has 120 valence electrons. The van der Waals surface area contributed by atoms with Crippen LogP contribution in [0.5, 0.6) is 0 Å². The Morgan fingerprint density at radius 1 is 1.26 bits per heavy atom. The maximum atomic E-state index is 12.4. The number of hydrogen-bond donors (Lipinski definition) is 1. The van der Waals surface area contributed by atoms with E-state index in [0.717, 1.165) is 23.9 Å². The van der Waals surface area contributed by atoms with E-state index in [-0.39, 0.29) is 23.2 Å². The van der Waals surface area contributed by atoms with Crippen LogP contribution in [0.1, 0.15) is 5.56 Å². The van der Waals surface area contributed by atoms with Crippen molar-refractivity contribution in [3.63, 3.8) is 0 Å². The molecular weight excluding hydrogens is 314 g/mol. The van der Waals surface area contributed by atoms with Gasteiger partial charge in [0, 0.05) is 24.7 Å². The van der Waals surface area contributed by atoms with E-state index in [1.54, 1.807) is 11.0 Å². The zero-order valence-electron chi connectivity index (χ0n) is 12.7. The normalized spacial score (nSPS) is 13.7. The minimum absolute atomic E-state index is 0.00608. The van der Waals surface area contributed by atoms with Crippen molar-refractivity contribution in [1.82, 2.24) is 4.98 Å². The largest absolute Gasteiger partial charge is 0.360 e. The van der Waals surface area contributed by atoms with Crippen molar-refractivity contribution in [1.29, 1.82) is 0 Å². The number of anilines is 2. The van der Waals surface area contributed by atoms with E-state index in [0.29, 0.717) is 6.54 Å². The van der Waals surface area contributed by atoms with Crippen molar-refractivity contribution >= 4 is 27.2 Å². The molecule has 1 aliphatic rings. The minimum Gasteiger partial charge on any atom is -0.360 e. The number of benzene rings is 1. The predicted molar refractivity (Wildman–Crippen MR) is 88.3 cm³/mol. The number of nitrogens with one attached hydrogen (secondary N) is 1. The smallest absolute Gasteiger partial charge is 0.246 e. The Bertz CT molecular complexity index is 849. The number of pyridine rings is 1. The van der Waals surface area contributed by atoms with Crippen LogP contribution < -0.4 is 10.2 Å². The maximum absolute atomic E-state index is 12.4. The number of fused-ring (bicyclic) bond motifs is 1. The van der Waals surface area contributed by atoms with E-state index in [4.69, 9.17) is 0 Å². The highest BCUT2D eigenvalue weighted by molar-refractivity contribution is 7.90. The first-order chi connectivity index (χ1) is 11.0. The van der Waals surface area contributed by atoms with Crippen molar-refractivity contribution in [2.45, 2.75) is 11.3 Å². The Labute approximate surface area is 135 Å². The molecule has 23 heavy (non-hydrogen) atoms. The Balaban J connectivity index is 1.74. The standard InChI is InChI=1S/C16H17N3O3S/c1-23(21,22)14-7-4-9-17-16(14)18-11-15(20)19-10-8-12-5-2-3-6-13(12)19/h2-7,9H,8,10-11H2,1H3,(H,17,18). The highest BCUT2D eigenvalue weighted by Crippen LogP contribution is 2.27. The van der Waals surface area contributed by atoms with Gasteiger partial charge in [0.15, 0.2) is 9.84 Å². The van der Waals surface area contributed by atoms with Crippen LogP contribution in [-0.4, -0.2) is 38.7 Å². The maximum Gasteiger partial charge on any atom is 0.246 e. The number of amides is 1. The fourth-order valence-electron chi connectivity index (χ4n) is 2.67. The summed E-state index contributed by atoms with van der Waals surface area (Å²) in [6.45, 7) is 0.634. The number of hydrogen-bond acceptors (Lipinski definition) is 5. The molecule has 3 rings (SSSR count). The molecule has 1 amide bonds. The van der Waals surface area contributed by atoms with Gasteiger partial charge in [-0.2, -0.15) is 0 Å². The summed E-state index contributed by atoms with van der Waals surface area (Å²) in [5.41, 5.74) is 2.07. The van der Waals surface area contributed by atoms with Gasteiger partial charge < -0.3 is 10.2 Å². The van der Waals surface area contributed by atoms with Gasteiger partial charge in [0.1, 0.15) is 10.7 Å². The number of rotatable bonds is 4. The number of carbonyl (C=O) groups is 1. The van der Waals surface area contributed by atoms with E-state index in [9.17, 15) is 13.2 Å². The van der Waals surface area contributed by atoms with Crippen molar-refractivity contribution in [2.75, 3.05) is 29.6 Å². The molecule has 6 nitrogen and oxygen atoms in total. The number of sulfone groups is 1. The lowest BCUT2D eigenvalue weighted by Crippen LogP contribution is -2.34. The zero-order chi connectivity index (χ0) is 16.4. The molecule has 0 unspecified atom stereocenters. The van der Waals surface area contributed by atoms with E-state index < -0.39 is 9.84 Å². The summed E-state index contributed by atoms with van der Waals surface area (Å²) in [5, 5.41) is 2.85. The van der Waals surface area contributed by atoms with Crippen LogP contribution in [0.25, 0.3) is 0 Å². The van der Waals surface area contributed by atoms with Crippen molar-refractivity contribution in [3.8, 4) is 0 Å². The lowest BCUT2D eigenvalue weighted by atomic mass is 10.2. The quantitative estimate of drug-likeness (QED) is 0.918. The van der Waals surface area contributed by atoms with E-state index >= 15 is 0 Å². The first kappa shape index (κ1) is 15.5. The average molecular weight is 331 g/mol. The molecular formula is C16H17N3O3S. The van der Waals surface area contributed by atoms with Crippen LogP contribution in [-0.2, 0) is 21.1 Å². The number of para-hydroxylation sites is 1. The fraction of sp³-hybridized carbons (Fsp3) is 0.250. The molecule has 0 saturated heterocycles. The van der Waals surface area contributed by atoms with Gasteiger partial charge in [-0.15, -0.1) is 0 Å². The molecule has 0 spiro atoms. The van der Waals surface area contributed by atoms with Gasteiger partial charge in [-0.05, 0) is 30.2 Å². The third kappa shape index (κ3) is 3.19. The first-order valence-corrected chi connectivity index (χ1v) is 9.13. The Morgan fingerprint density at radius 2 is 2.04 bits per heavy atom. The van der Waals surface area contributed by atoms with Gasteiger partial charge in [0.05, 0.1) is 6.54 Å². The van der Waals surface area contributed by atoms with Crippen LogP contribution in [0.3, 0.4) is 0 Å². The second kappa shape index (κ2) is 6.00. The summed E-state index contributed by atoms with van der Waals surface area (Å²) in [7, 11) is -3.40. The Hall–Kier alpha value is -2.41. The van der Waals surface area contributed by atoms with Crippen molar-refractivity contribution in [3.05, 3.63) is 48.2 Å². The summed E-state index contributed by atoms with van der Waals surface area (Å²) in [5.74, 6) is 0.0934. The van der Waals surface area contributed by atoms with Crippen molar-refractivity contribution in [2.24, 2.45) is 0 Å². The lowest BCUT2D eigenvalue weighted by Gasteiger charge is -2.18. The molecule has 0 aliphatic carbocycles. The third-order valence-electron chi connectivity index (χ3n) is 3.77. The molecule has 0 fully saturated rings. The topological polar surface area (TPSA) is 79.4 Å². The molecule has 0 saturated carbocycles. The molecule has 0 radical (unpaired) electrons. The molecule has 1 N–H and O–H groups in total. The van der Waals surface area contributed by atoms with Crippen LogP contribution >= 0.6 is 0 Å². The van der Waals surface area contributed by atoms with Gasteiger partial charge in [-0.25, -0.2) is 13.4 Å². The van der Waals surface area contributed by atoms with E-state index in [2.05, 4.69) is 10.3 Å². The molecule has 2 heterocycles. The molecule has 1 aromatic carbocycles. The summed E-state index contributed by atoms with van der Waals surface area (Å²) >= 11 is 0. The summed E-state index contributed by atoms with van der Waals surface area (Å²) in [6, 6.07) is 10.8. The van der Waals surface area contributed by atoms with Gasteiger partial charge in [0.2, 0.25) is 5.91 Å². The van der Waals surface area contributed by atoms with Gasteiger partial charge in [-0.3, -0.25) is 4.79 Å². The Kier molecular flexibility index (Phi) is 4.04. The number of carbonyl (C=O) groups excluding carboxylic acids is 1. The predicted octanol–water partition coefficient (Wildman–Crippen LogP) is 1.49. The summed E-state index contributed by atoms with van der Waals surface area (Å²) < 4.78 is 23.5. The van der Waals surface area contributed by atoms with Gasteiger partial charge >= 0.3 is 0 Å². The van der Waals surface area contributed by atoms with Crippen LogP contribution in [0.2, 0.25) is 0 Å². The van der Waals surface area contributed by atoms with Crippen molar-refractivity contribution < 1.29 is 13.2 Å². The number of aromatic nitrogens is 1. The second-order valence-corrected chi connectivity index (χ2v) is 7.38. The Morgan fingerprint density at radius 3 is 2.83 bits per heavy atom. The number of nitrogens with zero attached hydrogens (tertiary/aromatic N) is 2. The van der Waals surface area contributed by atoms with Crippen LogP contribution in [0.15, 0.2) is 47.5 Å². The van der Waals surface area contributed by atoms with E-state index in [1.807, 2.05) is 24.3 Å². The monoisotopic (exact) mass is 331 g/mol. The third-order valence-corrected chi connectivity index (χ3v) is 4.89. The average Bonchev–Trinajstić information content (AvgIpc) is 2.96. The van der Waals surface area contributed by atoms with E-state index in [1.165, 1.54) is 12.3 Å². The first-order valence-electron chi connectivity index (χ1n) is 7.24. The highest BCUT2D eigenvalue weighted by Gasteiger charge is 2.24. The van der Waals surface area contributed by atoms with Gasteiger partial charge in [0.25, 0.3) is 0 Å². The van der Waals surface area contributed by atoms with Crippen LogP contribution in [0, 0.1) is 0 Å². The molecule has 0 bridgehead atoms. The summed E-state index contributed by atoms with van der Waals surface area (Å²) in [4.78, 5) is 18.3. The minimum atomic E-state index is -3.40. The molecule has 1 aliphatic heterocycles. The molecule has 1 aromatic heterocycles.